The number of carbonyl (C=O) groups is 2. The zero-order chi connectivity index (χ0) is 22.2. The maximum Gasteiger partial charge on any atom is 0.289 e. The highest BCUT2D eigenvalue weighted by Crippen LogP contribution is 2.33. The molecule has 2 aliphatic heterocycles. The third-order valence-electron chi connectivity index (χ3n) is 6.17. The van der Waals surface area contributed by atoms with E-state index in [1.165, 1.54) is 0 Å². The van der Waals surface area contributed by atoms with Crippen molar-refractivity contribution in [1.82, 2.24) is 15.1 Å². The van der Waals surface area contributed by atoms with Gasteiger partial charge in [0.25, 0.3) is 11.8 Å². The number of likely N-dealkylation sites (tertiary alicyclic amines) is 1. The molecule has 1 saturated heterocycles. The van der Waals surface area contributed by atoms with Crippen LogP contribution in [0, 0.1) is 0 Å². The number of furan rings is 1. The van der Waals surface area contributed by atoms with E-state index in [0.29, 0.717) is 61.6 Å². The van der Waals surface area contributed by atoms with Crippen LogP contribution in [0.15, 0.2) is 40.8 Å². The summed E-state index contributed by atoms with van der Waals surface area (Å²) in [5.41, 5.74) is -0.211. The molecule has 0 unspecified atom stereocenters. The number of benzene rings is 1. The van der Waals surface area contributed by atoms with E-state index in [9.17, 15) is 9.59 Å². The van der Waals surface area contributed by atoms with E-state index in [2.05, 4.69) is 37.9 Å². The summed E-state index contributed by atoms with van der Waals surface area (Å²) in [6.07, 6.45) is 1.06. The minimum absolute atomic E-state index is 0.121. The Kier molecular flexibility index (Phi) is 5.79. The van der Waals surface area contributed by atoms with Gasteiger partial charge in [-0.25, -0.2) is 0 Å². The van der Waals surface area contributed by atoms with Gasteiger partial charge in [0.2, 0.25) is 0 Å². The number of piperidine rings is 1. The van der Waals surface area contributed by atoms with Crippen LogP contribution in [0.5, 0.6) is 5.75 Å². The zero-order valence-corrected chi connectivity index (χ0v) is 18.7. The largest absolute Gasteiger partial charge is 0.467 e. The zero-order valence-electron chi connectivity index (χ0n) is 18.7. The molecule has 0 radical (unpaired) electrons. The van der Waals surface area contributed by atoms with Gasteiger partial charge in [-0.2, -0.15) is 0 Å². The van der Waals surface area contributed by atoms with Crippen molar-refractivity contribution >= 4 is 11.8 Å². The van der Waals surface area contributed by atoms with E-state index in [1.54, 1.807) is 17.0 Å². The van der Waals surface area contributed by atoms with Gasteiger partial charge in [0, 0.05) is 38.0 Å². The number of hydrogen-bond donors (Lipinski definition) is 1. The molecular weight excluding hydrogens is 394 g/mol. The van der Waals surface area contributed by atoms with E-state index in [1.807, 2.05) is 24.3 Å². The van der Waals surface area contributed by atoms with Gasteiger partial charge in [0.1, 0.15) is 11.5 Å². The molecule has 4 rings (SSSR count). The number of amides is 2. The Morgan fingerprint density at radius 2 is 1.77 bits per heavy atom. The van der Waals surface area contributed by atoms with Gasteiger partial charge in [0.05, 0.1) is 12.1 Å². The van der Waals surface area contributed by atoms with Gasteiger partial charge in [0.15, 0.2) is 11.5 Å². The van der Waals surface area contributed by atoms with Crippen molar-refractivity contribution < 1.29 is 18.7 Å². The summed E-state index contributed by atoms with van der Waals surface area (Å²) in [7, 11) is 0. The molecular formula is C24H31N3O4. The maximum absolute atomic E-state index is 13.0. The first-order chi connectivity index (χ1) is 14.8. The smallest absolute Gasteiger partial charge is 0.289 e. The van der Waals surface area contributed by atoms with Crippen molar-refractivity contribution in [3.8, 4) is 5.75 Å². The minimum atomic E-state index is -0.758. The molecule has 0 atom stereocenters. The Balaban J connectivity index is 1.39. The molecule has 0 aliphatic carbocycles. The predicted octanol–water partition coefficient (Wildman–Crippen LogP) is 3.65. The third-order valence-corrected chi connectivity index (χ3v) is 6.17. The van der Waals surface area contributed by atoms with Crippen LogP contribution in [0.3, 0.4) is 0 Å². The number of fused-ring (bicyclic) bond motifs is 1. The molecule has 3 heterocycles. The van der Waals surface area contributed by atoms with Crippen LogP contribution < -0.4 is 10.1 Å². The first-order valence-corrected chi connectivity index (χ1v) is 11.0. The van der Waals surface area contributed by atoms with Crippen LogP contribution in [0.2, 0.25) is 0 Å². The number of carbonyl (C=O) groups excluding carboxylic acids is 2. The van der Waals surface area contributed by atoms with Crippen LogP contribution in [0.25, 0.3) is 0 Å². The second-order valence-electron chi connectivity index (χ2n) is 8.96. The molecule has 7 heteroatoms. The van der Waals surface area contributed by atoms with Gasteiger partial charge >= 0.3 is 0 Å². The number of hydrogen-bond acceptors (Lipinski definition) is 5. The van der Waals surface area contributed by atoms with Crippen molar-refractivity contribution in [3.05, 3.63) is 53.5 Å². The van der Waals surface area contributed by atoms with E-state index < -0.39 is 5.72 Å². The highest BCUT2D eigenvalue weighted by Gasteiger charge is 2.43. The highest BCUT2D eigenvalue weighted by molar-refractivity contribution is 5.98. The molecule has 31 heavy (non-hydrogen) atoms. The van der Waals surface area contributed by atoms with Crippen molar-refractivity contribution in [2.45, 2.75) is 64.9 Å². The molecule has 1 spiro atoms. The molecule has 2 aliphatic rings. The summed E-state index contributed by atoms with van der Waals surface area (Å²) in [6.45, 7) is 10.3. The normalized spacial score (nSPS) is 17.8. The van der Waals surface area contributed by atoms with Crippen LogP contribution in [0.1, 0.15) is 67.2 Å². The lowest BCUT2D eigenvalue weighted by atomic mass is 9.96. The van der Waals surface area contributed by atoms with Gasteiger partial charge in [-0.3, -0.25) is 14.5 Å². The summed E-state index contributed by atoms with van der Waals surface area (Å²) in [4.78, 5) is 29.6. The fourth-order valence-electron chi connectivity index (χ4n) is 4.43. The van der Waals surface area contributed by atoms with Gasteiger partial charge in [-0.05, 0) is 52.0 Å². The molecule has 0 saturated carbocycles. The topological polar surface area (TPSA) is 75.0 Å². The fourth-order valence-corrected chi connectivity index (χ4v) is 4.43. The molecule has 0 bridgehead atoms. The van der Waals surface area contributed by atoms with Crippen molar-refractivity contribution in [1.29, 1.82) is 0 Å². The maximum atomic E-state index is 13.0. The number of ether oxygens (including phenoxy) is 1. The first-order valence-electron chi connectivity index (χ1n) is 11.0. The molecule has 166 valence electrons. The third kappa shape index (κ3) is 4.32. The number of nitrogens with one attached hydrogen (secondary N) is 1. The lowest BCUT2D eigenvalue weighted by molar-refractivity contribution is -0.0251. The highest BCUT2D eigenvalue weighted by atomic mass is 16.5. The molecule has 1 aromatic carbocycles. The first kappa shape index (κ1) is 21.4. The quantitative estimate of drug-likeness (QED) is 0.791. The average molecular weight is 426 g/mol. The van der Waals surface area contributed by atoms with E-state index in [-0.39, 0.29) is 11.8 Å². The summed E-state index contributed by atoms with van der Waals surface area (Å²) in [6, 6.07) is 11.7. The van der Waals surface area contributed by atoms with Crippen molar-refractivity contribution in [3.63, 3.8) is 0 Å². The lowest BCUT2D eigenvalue weighted by Gasteiger charge is -2.44. The monoisotopic (exact) mass is 425 g/mol. The second-order valence-corrected chi connectivity index (χ2v) is 8.96. The average Bonchev–Trinajstić information content (AvgIpc) is 3.20. The number of rotatable bonds is 5. The van der Waals surface area contributed by atoms with Crippen LogP contribution in [0.4, 0.5) is 0 Å². The van der Waals surface area contributed by atoms with Crippen LogP contribution in [-0.2, 0) is 6.54 Å². The van der Waals surface area contributed by atoms with Crippen molar-refractivity contribution in [2.75, 3.05) is 13.1 Å². The van der Waals surface area contributed by atoms with Gasteiger partial charge in [-0.15, -0.1) is 0 Å². The molecule has 1 aromatic heterocycles. The summed E-state index contributed by atoms with van der Waals surface area (Å²) >= 11 is 0. The van der Waals surface area contributed by atoms with E-state index in [0.717, 1.165) is 5.76 Å². The molecule has 2 aromatic rings. The second kappa shape index (κ2) is 8.38. The Bertz CT molecular complexity index is 949. The van der Waals surface area contributed by atoms with Crippen LogP contribution in [-0.4, -0.2) is 52.5 Å². The SMILES string of the molecule is CC(C)N(Cc1ccc(C(=O)N2CCC3(CC2)NC(=O)c2ccccc2O3)o1)C(C)C. The number of para-hydroxylation sites is 1. The predicted molar refractivity (Wildman–Crippen MR) is 117 cm³/mol. The standard InChI is InChI=1S/C24H31N3O4/c1-16(2)27(17(3)4)15-18-9-10-21(30-18)23(29)26-13-11-24(12-14-26)25-22(28)19-7-5-6-8-20(19)31-24/h5-10,16-17H,11-15H2,1-4H3,(H,25,28). The minimum Gasteiger partial charge on any atom is -0.467 e. The molecule has 2 amide bonds. The fraction of sp³-hybridized carbons (Fsp3) is 0.500. The molecule has 7 nitrogen and oxygen atoms in total. The Morgan fingerprint density at radius 3 is 2.45 bits per heavy atom. The molecule has 1 fully saturated rings. The van der Waals surface area contributed by atoms with E-state index in [4.69, 9.17) is 9.15 Å². The molecule has 1 N–H and O–H groups in total. The Hall–Kier alpha value is -2.80. The summed E-state index contributed by atoms with van der Waals surface area (Å²) in [5.74, 6) is 1.50. The summed E-state index contributed by atoms with van der Waals surface area (Å²) < 4.78 is 12.1. The Labute approximate surface area is 183 Å². The van der Waals surface area contributed by atoms with Gasteiger partial charge in [-0.1, -0.05) is 12.1 Å². The van der Waals surface area contributed by atoms with Gasteiger partial charge < -0.3 is 19.4 Å². The lowest BCUT2D eigenvalue weighted by Crippen LogP contribution is -2.61. The van der Waals surface area contributed by atoms with E-state index >= 15 is 0 Å². The van der Waals surface area contributed by atoms with Crippen molar-refractivity contribution in [2.24, 2.45) is 0 Å². The number of nitrogens with zero attached hydrogens (tertiary/aromatic N) is 2. The Morgan fingerprint density at radius 1 is 1.10 bits per heavy atom. The summed E-state index contributed by atoms with van der Waals surface area (Å²) in [5, 5.41) is 3.01. The van der Waals surface area contributed by atoms with Crippen LogP contribution >= 0.6 is 0 Å².